The van der Waals surface area contributed by atoms with Gasteiger partial charge in [0.15, 0.2) is 0 Å². The van der Waals surface area contributed by atoms with Crippen molar-refractivity contribution in [2.75, 3.05) is 0 Å². The molecule has 0 atom stereocenters. The number of benzene rings is 1. The fraction of sp³-hybridized carbons (Fsp3) is 0.538. The lowest BCUT2D eigenvalue weighted by Gasteiger charge is -2.09. The summed E-state index contributed by atoms with van der Waals surface area (Å²) in [6.45, 7) is 4.45. The molecule has 1 N–H and O–H groups in total. The van der Waals surface area contributed by atoms with E-state index in [1.807, 2.05) is 0 Å². The Hall–Kier alpha value is -0.820. The van der Waals surface area contributed by atoms with Crippen molar-refractivity contribution < 1.29 is 5.11 Å². The summed E-state index contributed by atoms with van der Waals surface area (Å²) >= 11 is 0. The second-order valence-corrected chi connectivity index (χ2v) is 4.83. The van der Waals surface area contributed by atoms with Crippen LogP contribution in [0, 0.1) is 5.92 Å². The highest BCUT2D eigenvalue weighted by Gasteiger charge is 2.41. The number of aliphatic hydroxyl groups is 1. The van der Waals surface area contributed by atoms with Gasteiger partial charge in [0.1, 0.15) is 0 Å². The molecule has 0 amide bonds. The first-order valence-corrected chi connectivity index (χ1v) is 5.42. The number of hydrogen-bond acceptors (Lipinski definition) is 1. The van der Waals surface area contributed by atoms with Crippen molar-refractivity contribution >= 4 is 0 Å². The van der Waals surface area contributed by atoms with Crippen LogP contribution in [0.2, 0.25) is 0 Å². The van der Waals surface area contributed by atoms with Gasteiger partial charge in [-0.3, -0.25) is 0 Å². The second kappa shape index (κ2) is 3.39. The first-order valence-electron chi connectivity index (χ1n) is 5.42. The second-order valence-electron chi connectivity index (χ2n) is 4.83. The minimum atomic E-state index is -0.476. The van der Waals surface area contributed by atoms with Crippen molar-refractivity contribution in [1.29, 1.82) is 0 Å². The lowest BCUT2D eigenvalue weighted by atomic mass is 10.00. The van der Waals surface area contributed by atoms with Gasteiger partial charge in [0, 0.05) is 0 Å². The Morgan fingerprint density at radius 3 is 2.21 bits per heavy atom. The van der Waals surface area contributed by atoms with Crippen LogP contribution in [0.3, 0.4) is 0 Å². The zero-order chi connectivity index (χ0) is 10.2. The van der Waals surface area contributed by atoms with Gasteiger partial charge >= 0.3 is 0 Å². The van der Waals surface area contributed by atoms with Crippen LogP contribution in [0.5, 0.6) is 0 Å². The van der Waals surface area contributed by atoms with Gasteiger partial charge in [-0.2, -0.15) is 0 Å². The zero-order valence-corrected chi connectivity index (χ0v) is 8.96. The summed E-state index contributed by atoms with van der Waals surface area (Å²) in [5, 5.41) is 9.87. The molecule has 1 nitrogen and oxygen atoms in total. The molecule has 0 aliphatic heterocycles. The fourth-order valence-corrected chi connectivity index (χ4v) is 1.83. The Morgan fingerprint density at radius 2 is 1.79 bits per heavy atom. The average molecular weight is 190 g/mol. The molecule has 1 saturated carbocycles. The van der Waals surface area contributed by atoms with Crippen molar-refractivity contribution in [3.63, 3.8) is 0 Å². The van der Waals surface area contributed by atoms with E-state index in [1.54, 1.807) is 0 Å². The molecule has 1 heteroatoms. The number of hydrogen-bond donors (Lipinski definition) is 1. The summed E-state index contributed by atoms with van der Waals surface area (Å²) < 4.78 is 0. The maximum absolute atomic E-state index is 9.87. The van der Waals surface area contributed by atoms with E-state index in [2.05, 4.69) is 38.1 Å². The molecule has 0 saturated heterocycles. The molecule has 76 valence electrons. The van der Waals surface area contributed by atoms with Gasteiger partial charge in [-0.1, -0.05) is 38.1 Å². The smallest absolute Gasteiger partial charge is 0.0899 e. The molecule has 0 spiro atoms. The van der Waals surface area contributed by atoms with Gasteiger partial charge in [-0.25, -0.2) is 0 Å². The van der Waals surface area contributed by atoms with Crippen molar-refractivity contribution in [3.05, 3.63) is 35.4 Å². The summed E-state index contributed by atoms with van der Waals surface area (Å²) in [5.74, 6) is 0.699. The Bertz CT molecular complexity index is 307. The highest BCUT2D eigenvalue weighted by Crippen LogP contribution is 2.45. The molecule has 14 heavy (non-hydrogen) atoms. The van der Waals surface area contributed by atoms with Crippen LogP contribution < -0.4 is 0 Å². The van der Waals surface area contributed by atoms with Crippen LogP contribution in [0.1, 0.15) is 37.8 Å². The van der Waals surface area contributed by atoms with Crippen LogP contribution >= 0.6 is 0 Å². The molecule has 1 aromatic carbocycles. The third-order valence-electron chi connectivity index (χ3n) is 2.86. The third-order valence-corrected chi connectivity index (χ3v) is 2.86. The van der Waals surface area contributed by atoms with Crippen LogP contribution in [0.15, 0.2) is 24.3 Å². The maximum Gasteiger partial charge on any atom is 0.0899 e. The van der Waals surface area contributed by atoms with Crippen LogP contribution in [-0.4, -0.2) is 5.11 Å². The molecule has 1 aliphatic carbocycles. The van der Waals surface area contributed by atoms with E-state index in [0.717, 1.165) is 24.8 Å². The molecule has 0 heterocycles. The molecular weight excluding hydrogens is 172 g/mol. The molecule has 1 fully saturated rings. The predicted molar refractivity (Wildman–Crippen MR) is 58.1 cm³/mol. The van der Waals surface area contributed by atoms with Crippen LogP contribution in [-0.2, 0) is 12.0 Å². The molecule has 1 aliphatic rings. The van der Waals surface area contributed by atoms with Gasteiger partial charge in [0.25, 0.3) is 0 Å². The molecule has 0 unspecified atom stereocenters. The Kier molecular flexibility index (Phi) is 2.36. The van der Waals surface area contributed by atoms with Crippen molar-refractivity contribution in [3.8, 4) is 0 Å². The third kappa shape index (κ3) is 1.98. The van der Waals surface area contributed by atoms with Gasteiger partial charge in [0.2, 0.25) is 0 Å². The van der Waals surface area contributed by atoms with Gasteiger partial charge < -0.3 is 5.11 Å². The van der Waals surface area contributed by atoms with E-state index in [4.69, 9.17) is 0 Å². The normalized spacial score (nSPS) is 18.6. The monoisotopic (exact) mass is 190 g/mol. The summed E-state index contributed by atoms with van der Waals surface area (Å²) in [7, 11) is 0. The molecule has 0 radical (unpaired) electrons. The Balaban J connectivity index is 2.10. The summed E-state index contributed by atoms with van der Waals surface area (Å²) in [5.41, 5.74) is 1.98. The van der Waals surface area contributed by atoms with Crippen molar-refractivity contribution in [1.82, 2.24) is 0 Å². The minimum absolute atomic E-state index is 0.476. The van der Waals surface area contributed by atoms with Crippen molar-refractivity contribution in [2.45, 2.75) is 38.7 Å². The minimum Gasteiger partial charge on any atom is -0.385 e. The molecule has 0 bridgehead atoms. The van der Waals surface area contributed by atoms with E-state index in [0.29, 0.717) is 5.92 Å². The lowest BCUT2D eigenvalue weighted by Crippen LogP contribution is -2.04. The van der Waals surface area contributed by atoms with E-state index >= 15 is 0 Å². The first-order chi connectivity index (χ1) is 6.60. The Morgan fingerprint density at radius 1 is 1.21 bits per heavy atom. The molecule has 1 aromatic rings. The first kappa shape index (κ1) is 9.72. The topological polar surface area (TPSA) is 20.2 Å². The molecular formula is C13H18O. The van der Waals surface area contributed by atoms with Crippen molar-refractivity contribution in [2.24, 2.45) is 5.92 Å². The van der Waals surface area contributed by atoms with E-state index in [9.17, 15) is 5.11 Å². The van der Waals surface area contributed by atoms with E-state index in [1.165, 1.54) is 5.56 Å². The lowest BCUT2D eigenvalue weighted by molar-refractivity contribution is 0.151. The average Bonchev–Trinajstić information content (AvgIpc) is 2.85. The zero-order valence-electron chi connectivity index (χ0n) is 8.96. The van der Waals surface area contributed by atoms with Crippen LogP contribution in [0.25, 0.3) is 0 Å². The highest BCUT2D eigenvalue weighted by atomic mass is 16.3. The summed E-state index contributed by atoms with van der Waals surface area (Å²) in [6.07, 6.45) is 2.98. The fourth-order valence-electron chi connectivity index (χ4n) is 1.83. The van der Waals surface area contributed by atoms with Crippen LogP contribution in [0.4, 0.5) is 0 Å². The molecule has 2 rings (SSSR count). The predicted octanol–water partition coefficient (Wildman–Crippen LogP) is 2.87. The summed E-state index contributed by atoms with van der Waals surface area (Å²) in [4.78, 5) is 0. The van der Waals surface area contributed by atoms with Gasteiger partial charge in [-0.15, -0.1) is 0 Å². The largest absolute Gasteiger partial charge is 0.385 e. The van der Waals surface area contributed by atoms with E-state index in [-0.39, 0.29) is 0 Å². The Labute approximate surface area is 85.8 Å². The SMILES string of the molecule is CC(C)Cc1ccc(C2(O)CC2)cc1. The highest BCUT2D eigenvalue weighted by molar-refractivity contribution is 5.30. The summed E-state index contributed by atoms with van der Waals surface area (Å²) in [6, 6.07) is 8.44. The maximum atomic E-state index is 9.87. The van der Waals surface area contributed by atoms with Gasteiger partial charge in [-0.05, 0) is 36.3 Å². The standard InChI is InChI=1S/C13H18O/c1-10(2)9-11-3-5-12(6-4-11)13(14)7-8-13/h3-6,10,14H,7-9H2,1-2H3. The quantitative estimate of drug-likeness (QED) is 0.777. The number of rotatable bonds is 3. The van der Waals surface area contributed by atoms with E-state index < -0.39 is 5.60 Å². The van der Waals surface area contributed by atoms with Gasteiger partial charge in [0.05, 0.1) is 5.60 Å². The molecule has 0 aromatic heterocycles.